The Morgan fingerprint density at radius 3 is 2.55 bits per heavy atom. The Labute approximate surface area is 117 Å². The Bertz CT molecular complexity index is 674. The van der Waals surface area contributed by atoms with Gasteiger partial charge in [0.1, 0.15) is 5.78 Å². The van der Waals surface area contributed by atoms with Crippen LogP contribution in [0.3, 0.4) is 0 Å². The molecule has 4 heteroatoms. The molecule has 0 atom stereocenters. The van der Waals surface area contributed by atoms with Crippen LogP contribution in [-0.2, 0) is 17.8 Å². The SMILES string of the molecule is COc1c(O)cc2cc(C)c(CC(C)=O)cc2c1CO. The summed E-state index contributed by atoms with van der Waals surface area (Å²) in [5.41, 5.74) is 2.45. The van der Waals surface area contributed by atoms with Gasteiger partial charge in [-0.15, -0.1) is 0 Å². The fraction of sp³-hybridized carbons (Fsp3) is 0.312. The number of hydrogen-bond donors (Lipinski definition) is 2. The van der Waals surface area contributed by atoms with Gasteiger partial charge in [0.05, 0.1) is 13.7 Å². The topological polar surface area (TPSA) is 66.8 Å². The number of ether oxygens (including phenoxy) is 1. The summed E-state index contributed by atoms with van der Waals surface area (Å²) in [6.07, 6.45) is 0.357. The zero-order chi connectivity index (χ0) is 14.9. The van der Waals surface area contributed by atoms with Gasteiger partial charge in [-0.3, -0.25) is 4.79 Å². The number of rotatable bonds is 4. The molecule has 0 saturated heterocycles. The number of phenols is 1. The predicted molar refractivity (Wildman–Crippen MR) is 77.2 cm³/mol. The molecule has 2 N–H and O–H groups in total. The molecule has 2 aromatic rings. The van der Waals surface area contributed by atoms with E-state index in [1.165, 1.54) is 7.11 Å². The highest BCUT2D eigenvalue weighted by Gasteiger charge is 2.15. The third-order valence-corrected chi connectivity index (χ3v) is 3.43. The zero-order valence-electron chi connectivity index (χ0n) is 11.9. The summed E-state index contributed by atoms with van der Waals surface area (Å²) in [6, 6.07) is 5.41. The summed E-state index contributed by atoms with van der Waals surface area (Å²) in [7, 11) is 1.45. The number of methoxy groups -OCH3 is 1. The molecular formula is C16H18O4. The van der Waals surface area contributed by atoms with Crippen LogP contribution in [0.4, 0.5) is 0 Å². The summed E-state index contributed by atoms with van der Waals surface area (Å²) in [5, 5.41) is 21.1. The first-order valence-electron chi connectivity index (χ1n) is 6.40. The van der Waals surface area contributed by atoms with Crippen molar-refractivity contribution >= 4 is 16.6 Å². The second-order valence-corrected chi connectivity index (χ2v) is 4.94. The zero-order valence-corrected chi connectivity index (χ0v) is 11.9. The van der Waals surface area contributed by atoms with E-state index in [0.717, 1.165) is 21.9 Å². The van der Waals surface area contributed by atoms with Crippen molar-refractivity contribution in [3.8, 4) is 11.5 Å². The number of Topliss-reactive ketones (excluding diaryl/α,β-unsaturated/α-hetero) is 1. The van der Waals surface area contributed by atoms with E-state index in [2.05, 4.69) is 0 Å². The quantitative estimate of drug-likeness (QED) is 0.899. The summed E-state index contributed by atoms with van der Waals surface area (Å²) in [4.78, 5) is 11.3. The van der Waals surface area contributed by atoms with E-state index in [-0.39, 0.29) is 23.9 Å². The second-order valence-electron chi connectivity index (χ2n) is 4.94. The van der Waals surface area contributed by atoms with Crippen LogP contribution in [0.1, 0.15) is 23.6 Å². The maximum absolute atomic E-state index is 11.3. The van der Waals surface area contributed by atoms with E-state index >= 15 is 0 Å². The minimum Gasteiger partial charge on any atom is -0.504 e. The van der Waals surface area contributed by atoms with Crippen LogP contribution in [0.15, 0.2) is 18.2 Å². The van der Waals surface area contributed by atoms with Crippen LogP contribution < -0.4 is 4.74 Å². The number of ketones is 1. The van der Waals surface area contributed by atoms with Crippen molar-refractivity contribution in [3.05, 3.63) is 34.9 Å². The highest BCUT2D eigenvalue weighted by Crippen LogP contribution is 2.37. The Morgan fingerprint density at radius 1 is 1.30 bits per heavy atom. The fourth-order valence-electron chi connectivity index (χ4n) is 2.49. The number of hydrogen-bond acceptors (Lipinski definition) is 4. The third kappa shape index (κ3) is 2.47. The van der Waals surface area contributed by atoms with Crippen molar-refractivity contribution in [1.82, 2.24) is 0 Å². The van der Waals surface area contributed by atoms with Crippen molar-refractivity contribution in [3.63, 3.8) is 0 Å². The number of benzene rings is 2. The third-order valence-electron chi connectivity index (χ3n) is 3.43. The van der Waals surface area contributed by atoms with Gasteiger partial charge in [0, 0.05) is 12.0 Å². The van der Waals surface area contributed by atoms with Crippen LogP contribution in [0.2, 0.25) is 0 Å². The maximum atomic E-state index is 11.3. The molecule has 0 aliphatic heterocycles. The Balaban J connectivity index is 2.76. The van der Waals surface area contributed by atoms with Crippen LogP contribution in [0.25, 0.3) is 10.8 Å². The van der Waals surface area contributed by atoms with Gasteiger partial charge < -0.3 is 14.9 Å². The minimum absolute atomic E-state index is 0.00256. The van der Waals surface area contributed by atoms with E-state index < -0.39 is 0 Å². The summed E-state index contributed by atoms with van der Waals surface area (Å²) in [6.45, 7) is 3.24. The fourth-order valence-corrected chi connectivity index (χ4v) is 2.49. The smallest absolute Gasteiger partial charge is 0.166 e. The Kier molecular flexibility index (Phi) is 3.95. The summed E-state index contributed by atoms with van der Waals surface area (Å²) in [5.74, 6) is 0.365. The molecule has 0 unspecified atom stereocenters. The van der Waals surface area contributed by atoms with Gasteiger partial charge in [-0.25, -0.2) is 0 Å². The number of aliphatic hydroxyl groups is 1. The van der Waals surface area contributed by atoms with Crippen molar-refractivity contribution in [2.24, 2.45) is 0 Å². The Hall–Kier alpha value is -2.07. The lowest BCUT2D eigenvalue weighted by atomic mass is 9.95. The van der Waals surface area contributed by atoms with Gasteiger partial charge in [-0.2, -0.15) is 0 Å². The molecule has 2 aromatic carbocycles. The highest BCUT2D eigenvalue weighted by molar-refractivity contribution is 5.92. The average Bonchev–Trinajstić information content (AvgIpc) is 2.38. The molecule has 4 nitrogen and oxygen atoms in total. The molecule has 0 aromatic heterocycles. The van der Waals surface area contributed by atoms with Crippen molar-refractivity contribution < 1.29 is 19.7 Å². The molecule has 20 heavy (non-hydrogen) atoms. The van der Waals surface area contributed by atoms with Gasteiger partial charge in [-0.05, 0) is 47.9 Å². The predicted octanol–water partition coefficient (Wildman–Crippen LogP) is 2.49. The largest absolute Gasteiger partial charge is 0.504 e. The molecule has 0 fully saturated rings. The number of carbonyl (C=O) groups is 1. The van der Waals surface area contributed by atoms with Crippen LogP contribution >= 0.6 is 0 Å². The molecule has 0 saturated carbocycles. The van der Waals surface area contributed by atoms with Crippen LogP contribution in [-0.4, -0.2) is 23.1 Å². The van der Waals surface area contributed by atoms with Gasteiger partial charge in [0.2, 0.25) is 0 Å². The average molecular weight is 274 g/mol. The standard InChI is InChI=1S/C16H18O4/c1-9-4-12-7-15(19)16(20-3)14(8-17)13(12)6-11(9)5-10(2)18/h4,6-7,17,19H,5,8H2,1-3H3. The lowest BCUT2D eigenvalue weighted by Crippen LogP contribution is -2.01. The van der Waals surface area contributed by atoms with E-state index in [1.54, 1.807) is 13.0 Å². The normalized spacial score (nSPS) is 10.8. The molecule has 0 radical (unpaired) electrons. The molecular weight excluding hydrogens is 256 g/mol. The second kappa shape index (κ2) is 5.51. The number of carbonyl (C=O) groups excluding carboxylic acids is 1. The monoisotopic (exact) mass is 274 g/mol. The number of aliphatic hydroxyl groups excluding tert-OH is 1. The lowest BCUT2D eigenvalue weighted by Gasteiger charge is -2.14. The van der Waals surface area contributed by atoms with Crippen molar-refractivity contribution in [2.75, 3.05) is 7.11 Å². The van der Waals surface area contributed by atoms with E-state index in [1.807, 2.05) is 19.1 Å². The molecule has 0 spiro atoms. The first-order valence-corrected chi connectivity index (χ1v) is 6.40. The van der Waals surface area contributed by atoms with Crippen molar-refractivity contribution in [2.45, 2.75) is 26.9 Å². The molecule has 2 rings (SSSR count). The number of aryl methyl sites for hydroxylation is 1. The molecule has 0 aliphatic carbocycles. The van der Waals surface area contributed by atoms with E-state index in [0.29, 0.717) is 12.0 Å². The number of aromatic hydroxyl groups is 1. The van der Waals surface area contributed by atoms with Gasteiger partial charge in [0.15, 0.2) is 11.5 Å². The van der Waals surface area contributed by atoms with Crippen LogP contribution in [0.5, 0.6) is 11.5 Å². The molecule has 106 valence electrons. The minimum atomic E-state index is -0.239. The molecule has 0 heterocycles. The van der Waals surface area contributed by atoms with E-state index in [9.17, 15) is 15.0 Å². The Morgan fingerprint density at radius 2 is 2.00 bits per heavy atom. The summed E-state index contributed by atoms with van der Waals surface area (Å²) < 4.78 is 5.15. The summed E-state index contributed by atoms with van der Waals surface area (Å²) >= 11 is 0. The molecule has 0 aliphatic rings. The van der Waals surface area contributed by atoms with Gasteiger partial charge in [-0.1, -0.05) is 6.07 Å². The highest BCUT2D eigenvalue weighted by atomic mass is 16.5. The van der Waals surface area contributed by atoms with E-state index in [4.69, 9.17) is 4.74 Å². The van der Waals surface area contributed by atoms with Gasteiger partial charge >= 0.3 is 0 Å². The van der Waals surface area contributed by atoms with Gasteiger partial charge in [0.25, 0.3) is 0 Å². The van der Waals surface area contributed by atoms with Crippen molar-refractivity contribution in [1.29, 1.82) is 0 Å². The first kappa shape index (κ1) is 14.3. The maximum Gasteiger partial charge on any atom is 0.166 e. The first-order chi connectivity index (χ1) is 9.47. The number of phenolic OH excluding ortho intramolecular Hbond substituents is 1. The molecule has 0 amide bonds. The number of fused-ring (bicyclic) bond motifs is 1. The lowest BCUT2D eigenvalue weighted by molar-refractivity contribution is -0.116. The molecule has 0 bridgehead atoms. The van der Waals surface area contributed by atoms with Crippen LogP contribution in [0, 0.1) is 6.92 Å².